The fourth-order valence-corrected chi connectivity index (χ4v) is 1.84. The number of amides is 1. The molecule has 0 aliphatic carbocycles. The Morgan fingerprint density at radius 2 is 2.06 bits per heavy atom. The number of nitrogens with one attached hydrogen (secondary N) is 1. The Balaban J connectivity index is 2.53. The molecule has 0 heterocycles. The van der Waals surface area contributed by atoms with Crippen molar-refractivity contribution in [1.29, 1.82) is 0 Å². The number of rotatable bonds is 3. The van der Waals surface area contributed by atoms with Gasteiger partial charge in [-0.3, -0.25) is 4.79 Å². The molecule has 17 heavy (non-hydrogen) atoms. The van der Waals surface area contributed by atoms with Gasteiger partial charge in [-0.25, -0.2) is 0 Å². The first-order valence-electron chi connectivity index (χ1n) is 4.55. The quantitative estimate of drug-likeness (QED) is 0.900. The van der Waals surface area contributed by atoms with E-state index in [1.54, 1.807) is 18.2 Å². The lowest BCUT2D eigenvalue weighted by molar-refractivity contribution is -0.153. The molecule has 0 aliphatic rings. The Kier molecular flexibility index (Phi) is 4.82. The van der Waals surface area contributed by atoms with Crippen molar-refractivity contribution in [2.45, 2.75) is 19.1 Å². The third-order valence-corrected chi connectivity index (χ3v) is 2.70. The fraction of sp³-hybridized carbons (Fsp3) is 0.300. The van der Waals surface area contributed by atoms with Crippen molar-refractivity contribution in [2.24, 2.45) is 0 Å². The van der Waals surface area contributed by atoms with E-state index in [2.05, 4.69) is 21.2 Å². The van der Waals surface area contributed by atoms with Crippen molar-refractivity contribution >= 4 is 33.4 Å². The van der Waals surface area contributed by atoms with Crippen LogP contribution >= 0.6 is 27.5 Å². The van der Waals surface area contributed by atoms with Gasteiger partial charge < -0.3 is 5.32 Å². The smallest absolute Gasteiger partial charge is 0.352 e. The Morgan fingerprint density at radius 1 is 1.41 bits per heavy atom. The molecule has 0 unspecified atom stereocenters. The molecule has 1 aromatic rings. The predicted octanol–water partition coefficient (Wildman–Crippen LogP) is 3.67. The first-order chi connectivity index (χ1) is 7.78. The van der Waals surface area contributed by atoms with Gasteiger partial charge in [0.2, 0.25) is 5.91 Å². The normalized spacial score (nSPS) is 11.4. The number of carbonyl (C=O) groups excluding carboxylic acids is 1. The van der Waals surface area contributed by atoms with Crippen LogP contribution in [0.5, 0.6) is 0 Å². The lowest BCUT2D eigenvalue weighted by atomic mass is 10.2. The maximum atomic E-state index is 11.9. The van der Waals surface area contributed by atoms with Gasteiger partial charge in [0.1, 0.15) is 6.42 Å². The Labute approximate surface area is 109 Å². The minimum absolute atomic E-state index is 0.0268. The summed E-state index contributed by atoms with van der Waals surface area (Å²) in [5, 5.41) is 2.54. The highest BCUT2D eigenvalue weighted by Gasteiger charge is 2.30. The lowest BCUT2D eigenvalue weighted by Crippen LogP contribution is -2.28. The number of halogens is 5. The van der Waals surface area contributed by atoms with Gasteiger partial charge in [0, 0.05) is 16.0 Å². The molecular formula is C10H8BrClF3NO. The van der Waals surface area contributed by atoms with E-state index in [9.17, 15) is 18.0 Å². The van der Waals surface area contributed by atoms with Crippen LogP contribution in [0.4, 0.5) is 13.2 Å². The lowest BCUT2D eigenvalue weighted by Gasteiger charge is -2.09. The summed E-state index contributed by atoms with van der Waals surface area (Å²) >= 11 is 9.04. The standard InChI is InChI=1S/C10H8BrClF3NO/c11-7-2-1-6(8(12)3-7)5-16-9(17)4-10(13,14)15/h1-3H,4-5H2,(H,16,17). The van der Waals surface area contributed by atoms with Crippen molar-refractivity contribution < 1.29 is 18.0 Å². The van der Waals surface area contributed by atoms with Crippen LogP contribution in [-0.2, 0) is 11.3 Å². The van der Waals surface area contributed by atoms with Gasteiger partial charge in [-0.15, -0.1) is 0 Å². The van der Waals surface area contributed by atoms with E-state index in [1.165, 1.54) is 0 Å². The maximum Gasteiger partial charge on any atom is 0.397 e. The van der Waals surface area contributed by atoms with Gasteiger partial charge in [0.15, 0.2) is 0 Å². The molecule has 1 N–H and O–H groups in total. The molecule has 0 aliphatic heterocycles. The van der Waals surface area contributed by atoms with Crippen LogP contribution in [0.3, 0.4) is 0 Å². The summed E-state index contributed by atoms with van der Waals surface area (Å²) in [5.74, 6) is -1.07. The summed E-state index contributed by atoms with van der Waals surface area (Å²) in [4.78, 5) is 10.9. The van der Waals surface area contributed by atoms with Gasteiger partial charge in [-0.05, 0) is 17.7 Å². The molecule has 0 bridgehead atoms. The van der Waals surface area contributed by atoms with Crippen LogP contribution in [0.1, 0.15) is 12.0 Å². The highest BCUT2D eigenvalue weighted by Crippen LogP contribution is 2.22. The molecule has 1 rings (SSSR count). The highest BCUT2D eigenvalue weighted by molar-refractivity contribution is 9.10. The summed E-state index contributed by atoms with van der Waals surface area (Å²) in [7, 11) is 0. The molecule has 0 saturated carbocycles. The molecule has 0 radical (unpaired) electrons. The van der Waals surface area contributed by atoms with Crippen LogP contribution in [-0.4, -0.2) is 12.1 Å². The van der Waals surface area contributed by atoms with Crippen molar-refractivity contribution in [3.63, 3.8) is 0 Å². The summed E-state index contributed by atoms with van der Waals surface area (Å²) in [6.07, 6.45) is -5.98. The molecule has 0 atom stereocenters. The topological polar surface area (TPSA) is 29.1 Å². The van der Waals surface area contributed by atoms with Gasteiger partial charge in [0.25, 0.3) is 0 Å². The second-order valence-electron chi connectivity index (χ2n) is 3.30. The van der Waals surface area contributed by atoms with Crippen molar-refractivity contribution in [3.05, 3.63) is 33.3 Å². The number of hydrogen-bond acceptors (Lipinski definition) is 1. The molecule has 0 spiro atoms. The molecule has 2 nitrogen and oxygen atoms in total. The van der Waals surface area contributed by atoms with E-state index >= 15 is 0 Å². The van der Waals surface area contributed by atoms with E-state index < -0.39 is 18.5 Å². The summed E-state index contributed by atoms with van der Waals surface area (Å²) in [5.41, 5.74) is 0.561. The Hall–Kier alpha value is -0.750. The zero-order valence-corrected chi connectivity index (χ0v) is 10.8. The first-order valence-corrected chi connectivity index (χ1v) is 5.72. The summed E-state index contributed by atoms with van der Waals surface area (Å²) < 4.78 is 36.4. The Morgan fingerprint density at radius 3 is 2.59 bits per heavy atom. The van der Waals surface area contributed by atoms with E-state index in [1.807, 2.05) is 0 Å². The van der Waals surface area contributed by atoms with E-state index in [0.29, 0.717) is 10.6 Å². The number of hydrogen-bond donors (Lipinski definition) is 1. The summed E-state index contributed by atoms with van der Waals surface area (Å²) in [6.45, 7) is -0.0268. The molecule has 0 aromatic heterocycles. The van der Waals surface area contributed by atoms with Crippen LogP contribution in [0, 0.1) is 0 Å². The van der Waals surface area contributed by atoms with E-state index in [0.717, 1.165) is 4.47 Å². The van der Waals surface area contributed by atoms with Crippen molar-refractivity contribution in [1.82, 2.24) is 5.32 Å². The molecule has 94 valence electrons. The second kappa shape index (κ2) is 5.73. The molecule has 0 saturated heterocycles. The molecule has 0 fully saturated rings. The molecule has 1 aromatic carbocycles. The Bertz CT molecular complexity index is 423. The van der Waals surface area contributed by atoms with Crippen LogP contribution in [0.15, 0.2) is 22.7 Å². The van der Waals surface area contributed by atoms with Gasteiger partial charge >= 0.3 is 6.18 Å². The minimum Gasteiger partial charge on any atom is -0.352 e. The molecule has 1 amide bonds. The van der Waals surface area contributed by atoms with Crippen LogP contribution in [0.2, 0.25) is 5.02 Å². The number of alkyl halides is 3. The van der Waals surface area contributed by atoms with Crippen LogP contribution < -0.4 is 5.32 Å². The predicted molar refractivity (Wildman–Crippen MR) is 61.7 cm³/mol. The summed E-state index contributed by atoms with van der Waals surface area (Å²) in [6, 6.07) is 4.92. The molecular weight excluding hydrogens is 322 g/mol. The largest absolute Gasteiger partial charge is 0.397 e. The van der Waals surface area contributed by atoms with Gasteiger partial charge in [-0.1, -0.05) is 33.6 Å². The third-order valence-electron chi connectivity index (χ3n) is 1.85. The average molecular weight is 331 g/mol. The highest BCUT2D eigenvalue weighted by atomic mass is 79.9. The van der Waals surface area contributed by atoms with E-state index in [4.69, 9.17) is 11.6 Å². The van der Waals surface area contributed by atoms with E-state index in [-0.39, 0.29) is 6.54 Å². The van der Waals surface area contributed by atoms with Crippen molar-refractivity contribution in [3.8, 4) is 0 Å². The SMILES string of the molecule is O=C(CC(F)(F)F)NCc1ccc(Br)cc1Cl. The first kappa shape index (κ1) is 14.3. The van der Waals surface area contributed by atoms with Crippen molar-refractivity contribution in [2.75, 3.05) is 0 Å². The van der Waals surface area contributed by atoms with Gasteiger partial charge in [-0.2, -0.15) is 13.2 Å². The monoisotopic (exact) mass is 329 g/mol. The number of carbonyl (C=O) groups is 1. The maximum absolute atomic E-state index is 11.9. The fourth-order valence-electron chi connectivity index (χ4n) is 1.10. The zero-order chi connectivity index (χ0) is 13.1. The minimum atomic E-state index is -4.49. The third kappa shape index (κ3) is 5.41. The average Bonchev–Trinajstić information content (AvgIpc) is 2.13. The molecule has 7 heteroatoms. The second-order valence-corrected chi connectivity index (χ2v) is 4.63. The zero-order valence-electron chi connectivity index (χ0n) is 8.44. The van der Waals surface area contributed by atoms with Gasteiger partial charge in [0.05, 0.1) is 0 Å². The number of benzene rings is 1. The van der Waals surface area contributed by atoms with Crippen LogP contribution in [0.25, 0.3) is 0 Å².